The second-order valence-electron chi connectivity index (χ2n) is 6.89. The van der Waals surface area contributed by atoms with Gasteiger partial charge in [0.15, 0.2) is 5.57 Å². The first-order valence-corrected chi connectivity index (χ1v) is 11.7. The van der Waals surface area contributed by atoms with E-state index < -0.39 is 5.91 Å². The van der Waals surface area contributed by atoms with Crippen molar-refractivity contribution in [2.75, 3.05) is 6.54 Å². The molecule has 0 radical (unpaired) electrons. The zero-order valence-electron chi connectivity index (χ0n) is 17.0. The third-order valence-corrected chi connectivity index (χ3v) is 6.66. The lowest BCUT2D eigenvalue weighted by Crippen LogP contribution is -2.34. The summed E-state index contributed by atoms with van der Waals surface area (Å²) in [5, 5.41) is 14.6. The van der Waals surface area contributed by atoms with Crippen LogP contribution in [0.15, 0.2) is 83.0 Å². The van der Waals surface area contributed by atoms with Crippen molar-refractivity contribution in [1.82, 2.24) is 9.88 Å². The number of nitrogens with one attached hydrogen (secondary N) is 1. The van der Waals surface area contributed by atoms with Crippen molar-refractivity contribution in [3.63, 3.8) is 0 Å². The molecule has 0 saturated carbocycles. The number of thiazole rings is 1. The highest BCUT2D eigenvalue weighted by Crippen LogP contribution is 2.09. The van der Waals surface area contributed by atoms with Gasteiger partial charge < -0.3 is 5.32 Å². The van der Waals surface area contributed by atoms with Gasteiger partial charge >= 0.3 is 0 Å². The van der Waals surface area contributed by atoms with Crippen molar-refractivity contribution < 1.29 is 4.79 Å². The van der Waals surface area contributed by atoms with Crippen molar-refractivity contribution in [1.29, 1.82) is 5.26 Å². The molecule has 0 aliphatic rings. The summed E-state index contributed by atoms with van der Waals surface area (Å²) in [6.07, 6.45) is 2.45. The predicted octanol–water partition coefficient (Wildman–Crippen LogP) is 2.82. The Balaban J connectivity index is 1.77. The summed E-state index contributed by atoms with van der Waals surface area (Å²) >= 11 is 2.67. The largest absolute Gasteiger partial charge is 0.351 e. The predicted molar refractivity (Wildman–Crippen MR) is 129 cm³/mol. The van der Waals surface area contributed by atoms with E-state index in [1.807, 2.05) is 72.1 Å². The van der Waals surface area contributed by atoms with Gasteiger partial charge in [-0.3, -0.25) is 14.2 Å². The molecule has 0 unspecified atom stereocenters. The monoisotopic (exact) mass is 457 g/mol. The van der Waals surface area contributed by atoms with Gasteiger partial charge in [-0.15, -0.1) is 22.7 Å². The fourth-order valence-electron chi connectivity index (χ4n) is 3.21. The molecule has 2 heterocycles. The minimum absolute atomic E-state index is 0.0742. The van der Waals surface area contributed by atoms with Crippen LogP contribution in [0, 0.1) is 11.3 Å². The van der Waals surface area contributed by atoms with Crippen LogP contribution in [0.5, 0.6) is 0 Å². The summed E-state index contributed by atoms with van der Waals surface area (Å²) in [6.45, 7) is 0.392. The highest BCUT2D eigenvalue weighted by molar-refractivity contribution is 7.11. The van der Waals surface area contributed by atoms with Gasteiger partial charge in [0.1, 0.15) is 10.7 Å². The highest BCUT2D eigenvalue weighted by atomic mass is 32.1. The normalized spacial score (nSPS) is 12.3. The number of benzene rings is 2. The van der Waals surface area contributed by atoms with Gasteiger partial charge in [-0.1, -0.05) is 54.6 Å². The third-order valence-electron chi connectivity index (χ3n) is 4.75. The van der Waals surface area contributed by atoms with Gasteiger partial charge in [-0.25, -0.2) is 0 Å². The summed E-state index contributed by atoms with van der Waals surface area (Å²) in [5.41, 5.74) is 1.38. The van der Waals surface area contributed by atoms with Gasteiger partial charge in [0.25, 0.3) is 11.5 Å². The summed E-state index contributed by atoms with van der Waals surface area (Å²) in [6, 6.07) is 24.7. The molecular weight excluding hydrogens is 438 g/mol. The molecule has 32 heavy (non-hydrogen) atoms. The molecule has 2 aromatic heterocycles. The molecule has 1 N–H and O–H groups in total. The van der Waals surface area contributed by atoms with E-state index in [1.165, 1.54) is 15.9 Å². The lowest BCUT2D eigenvalue weighted by atomic mass is 10.1. The van der Waals surface area contributed by atoms with Crippen LogP contribution < -0.4 is 20.1 Å². The lowest BCUT2D eigenvalue weighted by Gasteiger charge is -2.06. The number of rotatable bonds is 6. The van der Waals surface area contributed by atoms with Crippen LogP contribution in [-0.4, -0.2) is 17.0 Å². The zero-order valence-corrected chi connectivity index (χ0v) is 18.7. The Morgan fingerprint density at radius 1 is 1.03 bits per heavy atom. The Bertz CT molecular complexity index is 1430. The Morgan fingerprint density at radius 3 is 2.41 bits per heavy atom. The molecule has 4 rings (SSSR count). The molecule has 7 heteroatoms. The van der Waals surface area contributed by atoms with Gasteiger partial charge in [-0.05, 0) is 41.6 Å². The lowest BCUT2D eigenvalue weighted by molar-refractivity contribution is -0.115. The van der Waals surface area contributed by atoms with Crippen LogP contribution in [0.25, 0.3) is 17.3 Å². The number of nitrogens with zero attached hydrogens (tertiary/aromatic N) is 2. The molecule has 0 bridgehead atoms. The van der Waals surface area contributed by atoms with Crippen molar-refractivity contribution in [2.24, 2.45) is 0 Å². The molecule has 4 aromatic rings. The fourth-order valence-corrected chi connectivity index (χ4v) is 5.04. The SMILES string of the molecule is N#C/C(C(=O)NCCc1ccccc1)=c1\s/c(=C/c2cccs2)c(=O)n1-c1ccccc1. The summed E-state index contributed by atoms with van der Waals surface area (Å²) < 4.78 is 2.24. The number of para-hydroxylation sites is 1. The molecule has 2 aromatic carbocycles. The summed E-state index contributed by atoms with van der Waals surface area (Å²) in [7, 11) is 0. The molecule has 0 spiro atoms. The Labute approximate surface area is 192 Å². The number of aromatic nitrogens is 1. The maximum Gasteiger partial charge on any atom is 0.273 e. The van der Waals surface area contributed by atoms with E-state index in [0.29, 0.717) is 27.8 Å². The van der Waals surface area contributed by atoms with E-state index >= 15 is 0 Å². The maximum absolute atomic E-state index is 13.3. The first-order chi connectivity index (χ1) is 15.7. The topological polar surface area (TPSA) is 74.9 Å². The Morgan fingerprint density at radius 2 is 1.75 bits per heavy atom. The summed E-state index contributed by atoms with van der Waals surface area (Å²) in [5.74, 6) is -0.489. The zero-order chi connectivity index (χ0) is 22.3. The van der Waals surface area contributed by atoms with Gasteiger partial charge in [0, 0.05) is 11.4 Å². The van der Waals surface area contributed by atoms with E-state index in [9.17, 15) is 14.9 Å². The number of thiophene rings is 1. The number of nitriles is 1. The third kappa shape index (κ3) is 4.78. The highest BCUT2D eigenvalue weighted by Gasteiger charge is 2.16. The number of carbonyl (C=O) groups is 1. The smallest absolute Gasteiger partial charge is 0.273 e. The average Bonchev–Trinajstić information content (AvgIpc) is 3.44. The van der Waals surface area contributed by atoms with E-state index in [1.54, 1.807) is 18.2 Å². The first-order valence-electron chi connectivity index (χ1n) is 9.96. The second kappa shape index (κ2) is 10.1. The van der Waals surface area contributed by atoms with E-state index in [-0.39, 0.29) is 11.1 Å². The molecule has 0 saturated heterocycles. The molecule has 1 amide bonds. The van der Waals surface area contributed by atoms with Crippen LogP contribution in [0.4, 0.5) is 0 Å². The summed E-state index contributed by atoms with van der Waals surface area (Å²) in [4.78, 5) is 27.1. The van der Waals surface area contributed by atoms with Crippen LogP contribution in [0.2, 0.25) is 0 Å². The molecule has 0 aliphatic carbocycles. The van der Waals surface area contributed by atoms with E-state index in [0.717, 1.165) is 21.8 Å². The molecule has 0 atom stereocenters. The standard InChI is InChI=1S/C25H19N3O2S2/c26-17-21(23(29)27-14-13-18-8-3-1-4-9-18)25-28(19-10-5-2-6-11-19)24(30)22(32-25)16-20-12-7-15-31-20/h1-12,15-16H,13-14H2,(H,27,29)/b22-16+,25-21+. The van der Waals surface area contributed by atoms with Gasteiger partial charge in [0.2, 0.25) is 0 Å². The van der Waals surface area contributed by atoms with Crippen LogP contribution in [-0.2, 0) is 11.2 Å². The van der Waals surface area contributed by atoms with Crippen molar-refractivity contribution >= 4 is 40.2 Å². The van der Waals surface area contributed by atoms with E-state index in [2.05, 4.69) is 5.32 Å². The van der Waals surface area contributed by atoms with Crippen LogP contribution in [0.3, 0.4) is 0 Å². The quantitative estimate of drug-likeness (QED) is 0.484. The number of amides is 1. The average molecular weight is 458 g/mol. The van der Waals surface area contributed by atoms with Crippen molar-refractivity contribution in [3.8, 4) is 11.8 Å². The van der Waals surface area contributed by atoms with Gasteiger partial charge in [-0.2, -0.15) is 5.26 Å². The Kier molecular flexibility index (Phi) is 6.75. The minimum atomic E-state index is -0.489. The van der Waals surface area contributed by atoms with Crippen LogP contribution >= 0.6 is 22.7 Å². The van der Waals surface area contributed by atoms with Crippen LogP contribution in [0.1, 0.15) is 10.4 Å². The molecule has 5 nitrogen and oxygen atoms in total. The Hall–Kier alpha value is -3.73. The molecule has 158 valence electrons. The minimum Gasteiger partial charge on any atom is -0.351 e. The maximum atomic E-state index is 13.3. The van der Waals surface area contributed by atoms with Gasteiger partial charge in [0.05, 0.1) is 10.2 Å². The molecule has 0 aliphatic heterocycles. The van der Waals surface area contributed by atoms with Crippen molar-refractivity contribution in [3.05, 3.63) is 108 Å². The first kappa shape index (κ1) is 21.5. The fraction of sp³-hybridized carbons (Fsp3) is 0.0800. The van der Waals surface area contributed by atoms with Crippen molar-refractivity contribution in [2.45, 2.75) is 6.42 Å². The number of hydrogen-bond acceptors (Lipinski definition) is 5. The number of hydrogen-bond donors (Lipinski definition) is 1. The number of carbonyl (C=O) groups excluding carboxylic acids is 1. The second-order valence-corrected chi connectivity index (χ2v) is 8.90. The van der Waals surface area contributed by atoms with E-state index in [4.69, 9.17) is 0 Å². The molecular formula is C25H19N3O2S2. The molecule has 0 fully saturated rings.